The molecule has 0 amide bonds. The van der Waals surface area contributed by atoms with E-state index in [1.165, 1.54) is 44.1 Å². The first-order valence-corrected chi connectivity index (χ1v) is 32.1. The van der Waals surface area contributed by atoms with Crippen LogP contribution < -0.4 is 5.32 Å². The molecule has 2 aromatic rings. The predicted molar refractivity (Wildman–Crippen MR) is 294 cm³/mol. The number of Topliss-reactive ketones (excluding diaryl/α,β-unsaturated/α-hetero) is 1. The van der Waals surface area contributed by atoms with Gasteiger partial charge in [0.15, 0.2) is 11.9 Å². The lowest BCUT2D eigenvalue weighted by molar-refractivity contribution is -0.286. The molecule has 1 aromatic heterocycles. The fourth-order valence-electron chi connectivity index (χ4n) is 24.8. The fraction of sp³-hybridized carbons (Fsp3) is 0.776. The number of rotatable bonds is 9. The predicted octanol–water partition coefficient (Wildman–Crippen LogP) is 9.20. The highest BCUT2D eigenvalue weighted by molar-refractivity contribution is 5.93. The second kappa shape index (κ2) is 17.7. The van der Waals surface area contributed by atoms with Crippen molar-refractivity contribution in [2.45, 2.75) is 203 Å². The maximum absolute atomic E-state index is 16.6. The third-order valence-corrected chi connectivity index (χ3v) is 27.4. The average molecular weight is 1100 g/mol. The molecule has 1 aromatic carbocycles. The van der Waals surface area contributed by atoms with Crippen molar-refractivity contribution in [1.82, 2.24) is 10.2 Å². The van der Waals surface area contributed by atoms with Gasteiger partial charge in [-0.3, -0.25) is 14.9 Å². The van der Waals surface area contributed by atoms with Gasteiger partial charge in [0.2, 0.25) is 0 Å². The quantitative estimate of drug-likeness (QED) is 0.138. The van der Waals surface area contributed by atoms with Gasteiger partial charge < -0.3 is 43.6 Å². The van der Waals surface area contributed by atoms with Crippen LogP contribution in [-0.2, 0) is 46.2 Å². The number of aliphatic hydroxyl groups is 3. The number of nitrogens with one attached hydrogen (secondary N) is 1. The maximum Gasteiger partial charge on any atom is 0.339 e. The number of fused-ring (bicyclic) bond motifs is 5. The molecule has 14 aliphatic rings. The van der Waals surface area contributed by atoms with E-state index in [4.69, 9.17) is 23.4 Å². The number of furan rings is 1. The Balaban J connectivity index is 0.811. The number of hydrogen-bond donors (Lipinski definition) is 4. The largest absolute Gasteiger partial charge is 0.469 e. The Morgan fingerprint density at radius 3 is 2.51 bits per heavy atom. The van der Waals surface area contributed by atoms with Crippen LogP contribution in [0.1, 0.15) is 166 Å². The molecule has 23 atom stereocenters. The van der Waals surface area contributed by atoms with Crippen molar-refractivity contribution in [3.63, 3.8) is 0 Å². The Kier molecular flexibility index (Phi) is 11.5. The normalized spacial score (nSPS) is 50.6. The SMILES string of the molecule is CC1(C)O[C@H]2[C@@]3(C[C@H]4CC[C@@H]5CCC[C@]56CC[C@]4(C6)C3)C(=O)OC[C@@]23[C@@H]1C(=O)[C@@H](O)[C@]1([C@H]2CCC[C@@H](Cc4ccccc4)C2)[C@@H]3CC[C@@]2(C)[C@H](c3ccoc3C[C@@H]([C@H]3CC[C@@H]4[C@H](C=CN5CNC[C@@H]45)C3)[C@H](O)CO)OC(=O)[C@H]3O[C@@]312. The molecule has 5 saturated heterocycles. The highest BCUT2D eigenvalue weighted by Gasteiger charge is 2.94. The van der Waals surface area contributed by atoms with Crippen LogP contribution in [0.5, 0.6) is 0 Å². The summed E-state index contributed by atoms with van der Waals surface area (Å²) in [5.74, 6) is 0.509. The summed E-state index contributed by atoms with van der Waals surface area (Å²) in [6.45, 7) is 7.80. The van der Waals surface area contributed by atoms with Gasteiger partial charge in [-0.05, 0) is 205 Å². The van der Waals surface area contributed by atoms with E-state index in [0.717, 1.165) is 95.3 Å². The van der Waals surface area contributed by atoms with Crippen LogP contribution in [0.4, 0.5) is 0 Å². The van der Waals surface area contributed by atoms with Gasteiger partial charge in [-0.1, -0.05) is 62.6 Å². The summed E-state index contributed by atoms with van der Waals surface area (Å²) in [7, 11) is 0. The van der Waals surface area contributed by atoms with E-state index in [2.05, 4.69) is 59.7 Å². The van der Waals surface area contributed by atoms with Crippen molar-refractivity contribution in [2.75, 3.05) is 26.4 Å². The number of carbonyl (C=O) groups is 3. The summed E-state index contributed by atoms with van der Waals surface area (Å²) in [5.41, 5.74) is -4.10. The standard InChI is InChI=1S/C67H88N2O11/c1-60(2)53-52(72)54(73)66(43-12-7-11-39(28-43)27-38-9-5-4-6-10-38)51(65(53)36-77-59(75)64(58(65)80-60)31-44-16-15-42-13-8-21-62(42)23-24-63(44,34-62)35-64)18-22-61(3)55(78-57(74)56-67(61,66)79-56)46-20-26-76-50(46)30-47(49(71)33-70)40-14-17-45-41(29-40)19-25-69-37-68-32-48(45)69/h4-6,9-10,19-20,25-26,39-45,47-49,51,53-56,58,68,70-71,73H,7-8,11-18,21-24,27-37H2,1-3H3/t39-,40-,41+,42-,43-,44+,45+,47-,48-,49+,51+,53+,54+,55-,56+,58-,61-,62+,63-,64-,65+,66-,67+/m0/s1. The zero-order valence-electron chi connectivity index (χ0n) is 47.7. The molecular formula is C67H88N2O11. The van der Waals surface area contributed by atoms with Crippen LogP contribution in [0.15, 0.2) is 59.4 Å². The van der Waals surface area contributed by atoms with Gasteiger partial charge in [0.1, 0.15) is 30.2 Å². The number of hydrogen-bond acceptors (Lipinski definition) is 13. The Morgan fingerprint density at radius 2 is 1.66 bits per heavy atom. The average Bonchev–Trinajstić information content (AvgIpc) is 3.39. The number of esters is 2. The second-order valence-corrected chi connectivity index (χ2v) is 30.6. The molecule has 6 aliphatic heterocycles. The van der Waals surface area contributed by atoms with Crippen molar-refractivity contribution < 1.29 is 53.1 Å². The van der Waals surface area contributed by atoms with E-state index < -0.39 is 81.2 Å². The molecule has 8 aliphatic carbocycles. The lowest BCUT2D eigenvalue weighted by atomic mass is 9.32. The number of nitrogens with zero attached hydrogens (tertiary/aromatic N) is 1. The molecule has 4 N–H and O–H groups in total. The molecule has 432 valence electrons. The minimum Gasteiger partial charge on any atom is -0.469 e. The van der Waals surface area contributed by atoms with Gasteiger partial charge in [0.25, 0.3) is 0 Å². The van der Waals surface area contributed by atoms with Crippen molar-refractivity contribution in [2.24, 2.45) is 91.7 Å². The fourth-order valence-corrected chi connectivity index (χ4v) is 24.8. The molecule has 5 spiro atoms. The van der Waals surface area contributed by atoms with Crippen LogP contribution in [0.2, 0.25) is 0 Å². The Labute approximate surface area is 472 Å². The zero-order valence-corrected chi connectivity index (χ0v) is 47.7. The number of aliphatic hydroxyl groups excluding tert-OH is 3. The van der Waals surface area contributed by atoms with Gasteiger partial charge in [0.05, 0.1) is 48.7 Å². The summed E-state index contributed by atoms with van der Waals surface area (Å²) < 4.78 is 35.4. The molecule has 0 unspecified atom stereocenters. The number of ether oxygens (including phenoxy) is 4. The van der Waals surface area contributed by atoms with E-state index in [1.54, 1.807) is 6.26 Å². The third-order valence-electron chi connectivity index (χ3n) is 27.4. The summed E-state index contributed by atoms with van der Waals surface area (Å²) in [6.07, 6.45) is 21.3. The van der Waals surface area contributed by atoms with Crippen LogP contribution in [0, 0.1) is 91.7 Å². The lowest BCUT2D eigenvalue weighted by Gasteiger charge is -2.70. The number of ketones is 1. The van der Waals surface area contributed by atoms with E-state index in [0.29, 0.717) is 60.7 Å². The van der Waals surface area contributed by atoms with E-state index in [1.807, 2.05) is 19.9 Å². The number of allylic oxidation sites excluding steroid dienone is 1. The van der Waals surface area contributed by atoms with Crippen LogP contribution >= 0.6 is 0 Å². The number of cyclic esters (lactones) is 2. The summed E-state index contributed by atoms with van der Waals surface area (Å²) in [4.78, 5) is 49.8. The maximum atomic E-state index is 16.6. The van der Waals surface area contributed by atoms with Gasteiger partial charge in [0, 0.05) is 40.8 Å². The van der Waals surface area contributed by atoms with Crippen molar-refractivity contribution >= 4 is 17.7 Å². The highest BCUT2D eigenvalue weighted by Crippen LogP contribution is 2.85. The Bertz CT molecular complexity index is 2870. The molecule has 80 heavy (non-hydrogen) atoms. The number of epoxide rings is 1. The second-order valence-electron chi connectivity index (χ2n) is 30.6. The molecular weight excluding hydrogens is 1010 g/mol. The van der Waals surface area contributed by atoms with Crippen LogP contribution in [0.25, 0.3) is 0 Å². The van der Waals surface area contributed by atoms with E-state index >= 15 is 14.4 Å². The van der Waals surface area contributed by atoms with Gasteiger partial charge in [-0.15, -0.1) is 0 Å². The minimum atomic E-state index is -1.49. The number of carbonyl (C=O) groups excluding carboxylic acids is 3. The third kappa shape index (κ3) is 6.60. The molecule has 13 nitrogen and oxygen atoms in total. The number of benzene rings is 1. The molecule has 2 bridgehead atoms. The smallest absolute Gasteiger partial charge is 0.339 e. The summed E-state index contributed by atoms with van der Waals surface area (Å²) >= 11 is 0. The van der Waals surface area contributed by atoms with E-state index in [9.17, 15) is 15.3 Å². The van der Waals surface area contributed by atoms with Gasteiger partial charge in [-0.25, -0.2) is 4.79 Å². The monoisotopic (exact) mass is 1100 g/mol. The molecule has 8 saturated carbocycles. The minimum absolute atomic E-state index is 0.0242. The van der Waals surface area contributed by atoms with Crippen molar-refractivity contribution in [3.05, 3.63) is 71.8 Å². The topological polar surface area (TPSA) is 181 Å². The van der Waals surface area contributed by atoms with Gasteiger partial charge in [-0.2, -0.15) is 0 Å². The molecule has 16 rings (SSSR count). The molecule has 13 heteroatoms. The molecule has 0 radical (unpaired) electrons. The molecule has 13 fully saturated rings. The first-order valence-electron chi connectivity index (χ1n) is 32.1. The first-order chi connectivity index (χ1) is 38.6. The molecule has 7 heterocycles. The summed E-state index contributed by atoms with van der Waals surface area (Å²) in [6, 6.07) is 13.1. The van der Waals surface area contributed by atoms with Crippen molar-refractivity contribution in [1.29, 1.82) is 0 Å². The van der Waals surface area contributed by atoms with Crippen molar-refractivity contribution in [3.8, 4) is 0 Å². The Morgan fingerprint density at radius 1 is 0.838 bits per heavy atom. The lowest BCUT2D eigenvalue weighted by Crippen LogP contribution is -2.80. The Hall–Kier alpha value is -3.59. The van der Waals surface area contributed by atoms with Crippen LogP contribution in [0.3, 0.4) is 0 Å². The van der Waals surface area contributed by atoms with Gasteiger partial charge >= 0.3 is 11.9 Å². The highest BCUT2D eigenvalue weighted by atomic mass is 16.7. The van der Waals surface area contributed by atoms with E-state index in [-0.39, 0.29) is 54.1 Å². The van der Waals surface area contributed by atoms with Crippen LogP contribution in [-0.4, -0.2) is 106 Å². The summed E-state index contributed by atoms with van der Waals surface area (Å²) in [5, 5.41) is 40.2. The zero-order chi connectivity index (χ0) is 54.6. The first kappa shape index (κ1) is 52.0.